The Balaban J connectivity index is 1.06. The van der Waals surface area contributed by atoms with E-state index in [0.29, 0.717) is 0 Å². The molecule has 0 amide bonds. The Hall–Kier alpha value is -6.12. The molecule has 0 bridgehead atoms. The third-order valence-electron chi connectivity index (χ3n) is 10.3. The maximum absolute atomic E-state index is 14.9. The lowest BCUT2D eigenvalue weighted by Crippen LogP contribution is -2.24. The summed E-state index contributed by atoms with van der Waals surface area (Å²) in [6.45, 7) is 0. The highest BCUT2D eigenvalue weighted by Gasteiger charge is 2.29. The van der Waals surface area contributed by atoms with Crippen molar-refractivity contribution >= 4 is 76.2 Å². The standard InChI is InChI=1S/C49H32NOPS/c51-52(38-17-6-2-7-18-38,39-19-8-3-9-20-39)40-26-23-33(24-27-40)35-15-12-16-36(31-35)37-25-30-46-44(32-37)41-28-29-43-47(49(41)53-46)42-21-10-11-22-45(42)50-48(43)34-13-4-1-5-14-34/h1-32H. The molecule has 0 saturated heterocycles. The van der Waals surface area contributed by atoms with Crippen molar-refractivity contribution in [2.75, 3.05) is 0 Å². The summed E-state index contributed by atoms with van der Waals surface area (Å²) in [6.07, 6.45) is 0. The molecule has 53 heavy (non-hydrogen) atoms. The lowest BCUT2D eigenvalue weighted by atomic mass is 9.96. The Morgan fingerprint density at radius 2 is 0.943 bits per heavy atom. The van der Waals surface area contributed by atoms with Crippen LogP contribution in [0.4, 0.5) is 0 Å². The van der Waals surface area contributed by atoms with E-state index in [-0.39, 0.29) is 0 Å². The van der Waals surface area contributed by atoms with Crippen molar-refractivity contribution in [2.24, 2.45) is 0 Å². The van der Waals surface area contributed by atoms with Crippen LogP contribution in [0.5, 0.6) is 0 Å². The van der Waals surface area contributed by atoms with Crippen molar-refractivity contribution in [2.45, 2.75) is 0 Å². The van der Waals surface area contributed by atoms with E-state index in [1.54, 1.807) is 0 Å². The summed E-state index contributed by atoms with van der Waals surface area (Å²) in [6, 6.07) is 67.1. The minimum absolute atomic E-state index is 0.830. The van der Waals surface area contributed by atoms with Crippen molar-refractivity contribution in [3.63, 3.8) is 0 Å². The highest BCUT2D eigenvalue weighted by atomic mass is 32.1. The lowest BCUT2D eigenvalue weighted by molar-refractivity contribution is 0.592. The summed E-state index contributed by atoms with van der Waals surface area (Å²) in [5.41, 5.74) is 7.71. The van der Waals surface area contributed by atoms with Gasteiger partial charge in [-0.2, -0.15) is 0 Å². The highest BCUT2D eigenvalue weighted by molar-refractivity contribution is 7.85. The van der Waals surface area contributed by atoms with Gasteiger partial charge in [0.2, 0.25) is 0 Å². The number of benzene rings is 8. The molecule has 250 valence electrons. The molecule has 2 aromatic heterocycles. The number of pyridine rings is 1. The van der Waals surface area contributed by atoms with Gasteiger partial charge in [0.25, 0.3) is 0 Å². The van der Waals surface area contributed by atoms with Crippen molar-refractivity contribution in [1.82, 2.24) is 4.98 Å². The Labute approximate surface area is 312 Å². The van der Waals surface area contributed by atoms with Crippen LogP contribution in [0, 0.1) is 0 Å². The topological polar surface area (TPSA) is 30.0 Å². The van der Waals surface area contributed by atoms with E-state index in [2.05, 4.69) is 121 Å². The first-order valence-electron chi connectivity index (χ1n) is 17.8. The number of hydrogen-bond acceptors (Lipinski definition) is 3. The Morgan fingerprint density at radius 3 is 1.66 bits per heavy atom. The second-order valence-electron chi connectivity index (χ2n) is 13.4. The van der Waals surface area contributed by atoms with Crippen molar-refractivity contribution in [1.29, 1.82) is 0 Å². The van der Waals surface area contributed by atoms with Gasteiger partial charge in [-0.1, -0.05) is 170 Å². The van der Waals surface area contributed by atoms with Gasteiger partial charge in [0.1, 0.15) is 0 Å². The van der Waals surface area contributed by atoms with E-state index in [1.807, 2.05) is 84.1 Å². The molecular formula is C49H32NOPS. The zero-order valence-electron chi connectivity index (χ0n) is 28.7. The summed E-state index contributed by atoms with van der Waals surface area (Å²) in [5, 5.41) is 8.67. The molecule has 10 rings (SSSR count). The first kappa shape index (κ1) is 31.6. The molecule has 2 nitrogen and oxygen atoms in total. The summed E-state index contributed by atoms with van der Waals surface area (Å²) in [5.74, 6) is 0. The van der Waals surface area contributed by atoms with Gasteiger partial charge in [-0.15, -0.1) is 11.3 Å². The molecule has 8 aromatic carbocycles. The molecule has 0 N–H and O–H groups in total. The fourth-order valence-electron chi connectivity index (χ4n) is 7.73. The number of rotatable bonds is 6. The first-order chi connectivity index (χ1) is 26.1. The molecule has 0 fully saturated rings. The zero-order valence-corrected chi connectivity index (χ0v) is 30.4. The van der Waals surface area contributed by atoms with Gasteiger partial charge in [0.15, 0.2) is 7.14 Å². The van der Waals surface area contributed by atoms with Crippen LogP contribution in [-0.2, 0) is 4.57 Å². The third kappa shape index (κ3) is 5.32. The van der Waals surface area contributed by atoms with E-state index < -0.39 is 7.14 Å². The van der Waals surface area contributed by atoms with Crippen LogP contribution in [0.3, 0.4) is 0 Å². The smallest absolute Gasteiger partial charge is 0.171 e. The summed E-state index contributed by atoms with van der Waals surface area (Å²) in [7, 11) is -3.03. The number of hydrogen-bond donors (Lipinski definition) is 0. The highest BCUT2D eigenvalue weighted by Crippen LogP contribution is 2.45. The second-order valence-corrected chi connectivity index (χ2v) is 17.2. The van der Waals surface area contributed by atoms with Gasteiger partial charge in [0.05, 0.1) is 11.2 Å². The fourth-order valence-corrected chi connectivity index (χ4v) is 11.6. The van der Waals surface area contributed by atoms with Crippen LogP contribution >= 0.6 is 18.5 Å². The van der Waals surface area contributed by atoms with E-state index in [0.717, 1.165) is 49.4 Å². The minimum Gasteiger partial charge on any atom is -0.309 e. The van der Waals surface area contributed by atoms with Crippen molar-refractivity contribution < 1.29 is 4.57 Å². The van der Waals surface area contributed by atoms with Crippen molar-refractivity contribution in [3.05, 3.63) is 194 Å². The Kier molecular flexibility index (Phi) is 7.65. The van der Waals surface area contributed by atoms with E-state index in [9.17, 15) is 4.57 Å². The maximum atomic E-state index is 14.9. The molecule has 0 spiro atoms. The number of nitrogens with zero attached hydrogens (tertiary/aromatic N) is 1. The van der Waals surface area contributed by atoms with Gasteiger partial charge in [-0.3, -0.25) is 0 Å². The predicted octanol–water partition coefficient (Wildman–Crippen LogP) is 12.4. The summed E-state index contributed by atoms with van der Waals surface area (Å²) < 4.78 is 17.5. The molecule has 2 heterocycles. The number of thiophene rings is 1. The van der Waals surface area contributed by atoms with E-state index >= 15 is 0 Å². The van der Waals surface area contributed by atoms with Crippen LogP contribution in [0.1, 0.15) is 0 Å². The monoisotopic (exact) mass is 713 g/mol. The minimum atomic E-state index is -3.03. The maximum Gasteiger partial charge on any atom is 0.171 e. The van der Waals surface area contributed by atoms with E-state index in [1.165, 1.54) is 41.9 Å². The summed E-state index contributed by atoms with van der Waals surface area (Å²) >= 11 is 1.86. The van der Waals surface area contributed by atoms with Gasteiger partial charge in [-0.05, 0) is 46.5 Å². The quantitative estimate of drug-likeness (QED) is 0.127. The normalized spacial score (nSPS) is 11.8. The summed E-state index contributed by atoms with van der Waals surface area (Å²) in [4.78, 5) is 5.16. The molecule has 0 unspecified atom stereocenters. The lowest BCUT2D eigenvalue weighted by Gasteiger charge is -2.20. The van der Waals surface area contributed by atoms with Gasteiger partial charge < -0.3 is 4.57 Å². The SMILES string of the molecule is O=P(c1ccccc1)(c1ccccc1)c1ccc(-c2cccc(-c3ccc4sc5c(ccc6c(-c7ccccc7)nc7ccccc7c65)c4c3)c2)cc1. The molecule has 0 radical (unpaired) electrons. The predicted molar refractivity (Wildman–Crippen MR) is 228 cm³/mol. The fraction of sp³-hybridized carbons (Fsp3) is 0. The molecule has 4 heteroatoms. The number of para-hydroxylation sites is 1. The van der Waals surface area contributed by atoms with E-state index in [4.69, 9.17) is 4.98 Å². The van der Waals surface area contributed by atoms with Crippen LogP contribution in [-0.4, -0.2) is 4.98 Å². The van der Waals surface area contributed by atoms with Crippen LogP contribution in [0.2, 0.25) is 0 Å². The van der Waals surface area contributed by atoms with Crippen LogP contribution < -0.4 is 15.9 Å². The molecule has 10 aromatic rings. The largest absolute Gasteiger partial charge is 0.309 e. The molecule has 0 aliphatic rings. The van der Waals surface area contributed by atoms with Gasteiger partial charge >= 0.3 is 0 Å². The number of fused-ring (bicyclic) bond motifs is 7. The third-order valence-corrected chi connectivity index (χ3v) is 14.6. The average molecular weight is 714 g/mol. The molecule has 0 atom stereocenters. The van der Waals surface area contributed by atoms with Gasteiger partial charge in [-0.25, -0.2) is 4.98 Å². The van der Waals surface area contributed by atoms with Crippen molar-refractivity contribution in [3.8, 4) is 33.5 Å². The zero-order chi connectivity index (χ0) is 35.4. The van der Waals surface area contributed by atoms with Gasteiger partial charge in [0, 0.05) is 57.8 Å². The first-order valence-corrected chi connectivity index (χ1v) is 20.3. The van der Waals surface area contributed by atoms with Crippen LogP contribution in [0.15, 0.2) is 194 Å². The van der Waals surface area contributed by atoms with Crippen LogP contribution in [0.25, 0.3) is 75.4 Å². The second kappa shape index (κ2) is 12.8. The molecule has 0 aliphatic carbocycles. The Bertz CT molecular complexity index is 2970. The molecular weight excluding hydrogens is 682 g/mol. The molecule has 0 aliphatic heterocycles. The Morgan fingerprint density at radius 1 is 0.396 bits per heavy atom. The molecule has 0 saturated carbocycles. The average Bonchev–Trinajstić information content (AvgIpc) is 3.62. The number of aromatic nitrogens is 1.